The lowest BCUT2D eigenvalue weighted by Crippen LogP contribution is -2.69. The highest BCUT2D eigenvalue weighted by Gasteiger charge is 2.76. The number of nitrogens with one attached hydrogen (secondary N) is 1. The Kier molecular flexibility index (Phi) is 8.19. The van der Waals surface area contributed by atoms with Gasteiger partial charge in [-0.1, -0.05) is 84.9 Å². The highest BCUT2D eigenvalue weighted by Crippen LogP contribution is 2.59. The molecule has 4 fully saturated rings. The number of rotatable bonds is 9. The Labute approximate surface area is 272 Å². The van der Waals surface area contributed by atoms with Crippen molar-refractivity contribution in [3.63, 3.8) is 0 Å². The Morgan fingerprint density at radius 2 is 1.60 bits per heavy atom. The molecule has 0 unspecified atom stereocenters. The molecule has 0 radical (unpaired) electrons. The van der Waals surface area contributed by atoms with Crippen molar-refractivity contribution in [3.05, 3.63) is 113 Å². The van der Waals surface area contributed by atoms with E-state index in [-0.39, 0.29) is 32.0 Å². The Bertz CT molecular complexity index is 1640. The molecule has 4 aliphatic rings. The Balaban J connectivity index is 1.30. The Morgan fingerprint density at radius 3 is 2.26 bits per heavy atom. The van der Waals surface area contributed by atoms with Gasteiger partial charge in [-0.05, 0) is 17.2 Å². The number of aliphatic hydroxyl groups excluding tert-OH is 1. The second kappa shape index (κ2) is 12.3. The number of amides is 2. The fourth-order valence-corrected chi connectivity index (χ4v) is 7.34. The van der Waals surface area contributed by atoms with E-state index in [1.807, 2.05) is 84.9 Å². The number of fused-ring (bicyclic) bond motifs is 4. The van der Waals surface area contributed by atoms with E-state index in [9.17, 15) is 19.5 Å². The third-order valence-corrected chi connectivity index (χ3v) is 9.51. The Morgan fingerprint density at radius 1 is 0.957 bits per heavy atom. The fourth-order valence-electron chi connectivity index (χ4n) is 7.34. The maximum atomic E-state index is 14.2. The molecule has 11 heteroatoms. The first kappa shape index (κ1) is 31.2. The molecule has 11 nitrogen and oxygen atoms in total. The van der Waals surface area contributed by atoms with Gasteiger partial charge in [0, 0.05) is 44.3 Å². The van der Waals surface area contributed by atoms with Crippen molar-refractivity contribution in [1.29, 1.82) is 0 Å². The molecule has 1 saturated carbocycles. The highest BCUT2D eigenvalue weighted by molar-refractivity contribution is 5.94. The monoisotopic (exact) mass is 639 g/mol. The van der Waals surface area contributed by atoms with Gasteiger partial charge in [0.05, 0.1) is 13.2 Å². The number of carbonyl (C=O) groups excluding carboxylic acids is 3. The van der Waals surface area contributed by atoms with E-state index in [0.29, 0.717) is 0 Å². The van der Waals surface area contributed by atoms with E-state index in [1.165, 1.54) is 16.0 Å². The molecule has 3 aromatic rings. The summed E-state index contributed by atoms with van der Waals surface area (Å²) in [5.41, 5.74) is 1.64. The highest BCUT2D eigenvalue weighted by atomic mass is 16.8. The molecule has 6 atom stereocenters. The molecule has 3 heterocycles. The summed E-state index contributed by atoms with van der Waals surface area (Å²) in [7, 11) is 3.35. The van der Waals surface area contributed by atoms with Gasteiger partial charge in [-0.2, -0.15) is 5.06 Å². The smallest absolute Gasteiger partial charge is 0.327 e. The van der Waals surface area contributed by atoms with Crippen LogP contribution < -0.4 is 5.32 Å². The number of ether oxygens (including phenoxy) is 3. The van der Waals surface area contributed by atoms with Crippen LogP contribution in [0.3, 0.4) is 0 Å². The second-order valence-electron chi connectivity index (χ2n) is 12.5. The summed E-state index contributed by atoms with van der Waals surface area (Å²) >= 11 is 0. The number of esters is 1. The quantitative estimate of drug-likeness (QED) is 0.268. The number of hydrogen-bond acceptors (Lipinski definition) is 9. The maximum Gasteiger partial charge on any atom is 0.327 e. The van der Waals surface area contributed by atoms with Crippen molar-refractivity contribution < 1.29 is 38.5 Å². The zero-order valence-corrected chi connectivity index (χ0v) is 26.2. The summed E-state index contributed by atoms with van der Waals surface area (Å²) in [4.78, 5) is 48.6. The topological polar surface area (TPSA) is 127 Å². The lowest BCUT2D eigenvalue weighted by Gasteiger charge is -2.48. The first-order valence-corrected chi connectivity index (χ1v) is 15.8. The lowest BCUT2D eigenvalue weighted by molar-refractivity contribution is -0.213. The molecule has 2 N–H and O–H groups in total. The summed E-state index contributed by atoms with van der Waals surface area (Å²) < 4.78 is 19.9. The van der Waals surface area contributed by atoms with Gasteiger partial charge in [-0.15, -0.1) is 0 Å². The van der Waals surface area contributed by atoms with Crippen LogP contribution in [-0.2, 0) is 45.8 Å². The first-order chi connectivity index (χ1) is 22.8. The standard InChI is InChI=1S/C36H37N3O8/c1-38(2)28(41)18-17-23-11-9-10-12-24(23)22-39-31-33(42)44-27-21-35(31,34(43)37-19-20-40)32(47-39)30-29(27)45-36(46-30,25-13-5-3-6-14-25)26-15-7-4-8-16-26/h3-18,27,29-32,40H,19-22H2,1-2H3,(H,37,43)/t27-,29-,30-,31-,32+,35-/m0/s1. The van der Waals surface area contributed by atoms with Gasteiger partial charge in [-0.3, -0.25) is 19.2 Å². The van der Waals surface area contributed by atoms with E-state index in [1.54, 1.807) is 20.2 Å². The summed E-state index contributed by atoms with van der Waals surface area (Å²) in [6, 6.07) is 25.5. The van der Waals surface area contributed by atoms with E-state index < -0.39 is 53.5 Å². The van der Waals surface area contributed by atoms with E-state index in [0.717, 1.165) is 22.3 Å². The zero-order valence-electron chi connectivity index (χ0n) is 26.2. The maximum absolute atomic E-state index is 14.2. The van der Waals surface area contributed by atoms with Gasteiger partial charge < -0.3 is 29.5 Å². The van der Waals surface area contributed by atoms with Crippen molar-refractivity contribution in [1.82, 2.24) is 15.3 Å². The summed E-state index contributed by atoms with van der Waals surface area (Å²) in [6.07, 6.45) is 0.0904. The van der Waals surface area contributed by atoms with Crippen LogP contribution in [0.4, 0.5) is 0 Å². The third kappa shape index (κ3) is 5.15. The van der Waals surface area contributed by atoms with Crippen molar-refractivity contribution in [2.75, 3.05) is 27.2 Å². The average molecular weight is 640 g/mol. The van der Waals surface area contributed by atoms with E-state index in [4.69, 9.17) is 19.0 Å². The van der Waals surface area contributed by atoms with Gasteiger partial charge in [0.1, 0.15) is 29.8 Å². The van der Waals surface area contributed by atoms with Crippen LogP contribution in [0, 0.1) is 5.41 Å². The van der Waals surface area contributed by atoms with Crippen LogP contribution in [0.25, 0.3) is 6.08 Å². The summed E-state index contributed by atoms with van der Waals surface area (Å²) in [6.45, 7) is -0.137. The average Bonchev–Trinajstić information content (AvgIpc) is 3.67. The molecular formula is C36H37N3O8. The van der Waals surface area contributed by atoms with Crippen molar-refractivity contribution >= 4 is 23.9 Å². The van der Waals surface area contributed by atoms with Crippen molar-refractivity contribution in [2.24, 2.45) is 5.41 Å². The number of benzene rings is 3. The second-order valence-corrected chi connectivity index (χ2v) is 12.5. The van der Waals surface area contributed by atoms with Gasteiger partial charge >= 0.3 is 5.97 Å². The molecule has 1 aliphatic carbocycles. The van der Waals surface area contributed by atoms with Gasteiger partial charge in [0.15, 0.2) is 6.04 Å². The molecule has 3 aromatic carbocycles. The van der Waals surface area contributed by atoms with Crippen LogP contribution >= 0.6 is 0 Å². The van der Waals surface area contributed by atoms with Crippen molar-refractivity contribution in [3.8, 4) is 0 Å². The SMILES string of the molecule is CN(C)C(=O)C=Cc1ccccc1CN1O[C@@H]2[C@H]3OC(c4ccccc4)(c4ccccc4)O[C@H]3[C@@H]3C[C@]2(C(=O)NCCO)[C@@H]1C(=O)O3. The number of likely N-dealkylation sites (N-methyl/N-ethyl adjacent to an activating group) is 1. The van der Waals surface area contributed by atoms with Crippen LogP contribution in [0.2, 0.25) is 0 Å². The van der Waals surface area contributed by atoms with E-state index in [2.05, 4.69) is 5.32 Å². The van der Waals surface area contributed by atoms with E-state index >= 15 is 0 Å². The van der Waals surface area contributed by atoms with Gasteiger partial charge in [0.2, 0.25) is 17.6 Å². The number of nitrogens with zero attached hydrogens (tertiary/aromatic N) is 2. The predicted octanol–water partition coefficient (Wildman–Crippen LogP) is 2.38. The number of carbonyl (C=O) groups is 3. The molecule has 0 aromatic heterocycles. The van der Waals surface area contributed by atoms with Crippen LogP contribution in [0.1, 0.15) is 28.7 Å². The minimum Gasteiger partial charge on any atom is -0.458 e. The predicted molar refractivity (Wildman–Crippen MR) is 169 cm³/mol. The molecule has 3 saturated heterocycles. The molecule has 0 spiro atoms. The normalized spacial score (nSPS) is 28.9. The third-order valence-electron chi connectivity index (χ3n) is 9.51. The van der Waals surface area contributed by atoms with Gasteiger partial charge in [0.25, 0.3) is 0 Å². The van der Waals surface area contributed by atoms with Gasteiger partial charge in [-0.25, -0.2) is 0 Å². The van der Waals surface area contributed by atoms with Crippen LogP contribution in [-0.4, -0.2) is 90.6 Å². The molecule has 3 aliphatic heterocycles. The molecule has 2 bridgehead atoms. The summed E-state index contributed by atoms with van der Waals surface area (Å²) in [5, 5.41) is 13.9. The minimum absolute atomic E-state index is 0.0106. The molecule has 47 heavy (non-hydrogen) atoms. The number of hydrogen-bond donors (Lipinski definition) is 2. The zero-order chi connectivity index (χ0) is 32.8. The fraction of sp³-hybridized carbons (Fsp3) is 0.361. The number of hydroxylamine groups is 2. The summed E-state index contributed by atoms with van der Waals surface area (Å²) in [5.74, 6) is -2.55. The minimum atomic E-state index is -1.39. The first-order valence-electron chi connectivity index (χ1n) is 15.8. The molecule has 244 valence electrons. The Hall–Kier alpha value is -4.39. The van der Waals surface area contributed by atoms with Crippen molar-refractivity contribution in [2.45, 2.75) is 49.2 Å². The number of aliphatic hydroxyl groups is 1. The molecule has 2 amide bonds. The molecular weight excluding hydrogens is 602 g/mol. The van der Waals surface area contributed by atoms with Crippen LogP contribution in [0.5, 0.6) is 0 Å². The largest absolute Gasteiger partial charge is 0.458 e. The molecule has 7 rings (SSSR count). The lowest BCUT2D eigenvalue weighted by atomic mass is 9.62. The van der Waals surface area contributed by atoms with Crippen LogP contribution in [0.15, 0.2) is 91.0 Å².